The van der Waals surface area contributed by atoms with Crippen LogP contribution in [0, 0.1) is 17.8 Å². The standard InChI is InChI=1S/C26H39F3N6O3S/c1-4-39(37,38)33(3)13-17-11-21(26(27,28)29)22-15-34(25(36)35(22)14-17)20-10-6-9-19(12-20)23(18-7-5-8-18)24-31-30-16-32(24)2/h11,14-15,18-20,23-24,30-31H,4-10,12-13,16H2,1-3H3/t19?,20?,23-,24?/m1/s1. The fourth-order valence-corrected chi connectivity index (χ4v) is 7.60. The minimum absolute atomic E-state index is 0.114. The summed E-state index contributed by atoms with van der Waals surface area (Å²) in [7, 11) is -0.182. The molecule has 2 aromatic rings. The lowest BCUT2D eigenvalue weighted by Gasteiger charge is -2.46. The Morgan fingerprint density at radius 1 is 1.13 bits per heavy atom. The van der Waals surface area contributed by atoms with Crippen LogP contribution in [0.2, 0.25) is 0 Å². The molecule has 9 nitrogen and oxygen atoms in total. The molecule has 13 heteroatoms. The zero-order valence-corrected chi connectivity index (χ0v) is 23.6. The van der Waals surface area contributed by atoms with Gasteiger partial charge in [0, 0.05) is 32.0 Å². The summed E-state index contributed by atoms with van der Waals surface area (Å²) in [6.45, 7) is 1.98. The molecule has 2 aliphatic carbocycles. The minimum Gasteiger partial charge on any atom is -0.295 e. The minimum atomic E-state index is -4.70. The van der Waals surface area contributed by atoms with Crippen molar-refractivity contribution < 1.29 is 21.6 Å². The summed E-state index contributed by atoms with van der Waals surface area (Å²) in [4.78, 5) is 15.9. The molecule has 39 heavy (non-hydrogen) atoms. The summed E-state index contributed by atoms with van der Waals surface area (Å²) in [5.74, 6) is 1.20. The number of nitrogens with zero attached hydrogens (tertiary/aromatic N) is 4. The molecule has 0 amide bonds. The van der Waals surface area contributed by atoms with Crippen molar-refractivity contribution in [1.29, 1.82) is 0 Å². The first-order chi connectivity index (χ1) is 18.4. The van der Waals surface area contributed by atoms with Gasteiger partial charge >= 0.3 is 11.9 Å². The zero-order valence-electron chi connectivity index (χ0n) is 22.7. The second-order valence-electron chi connectivity index (χ2n) is 11.5. The lowest BCUT2D eigenvalue weighted by atomic mass is 9.65. The van der Waals surface area contributed by atoms with Crippen molar-refractivity contribution in [2.24, 2.45) is 17.8 Å². The van der Waals surface area contributed by atoms with Gasteiger partial charge in [-0.2, -0.15) is 13.2 Å². The van der Waals surface area contributed by atoms with E-state index in [0.717, 1.165) is 47.1 Å². The number of alkyl halides is 3. The van der Waals surface area contributed by atoms with Crippen molar-refractivity contribution in [2.75, 3.05) is 26.5 Å². The van der Waals surface area contributed by atoms with Crippen LogP contribution in [0.3, 0.4) is 0 Å². The number of rotatable bonds is 8. The van der Waals surface area contributed by atoms with Gasteiger partial charge in [0.25, 0.3) is 0 Å². The van der Waals surface area contributed by atoms with E-state index in [2.05, 4.69) is 22.8 Å². The number of hydrogen-bond acceptors (Lipinski definition) is 6. The molecule has 2 N–H and O–H groups in total. The van der Waals surface area contributed by atoms with E-state index in [1.54, 1.807) is 0 Å². The van der Waals surface area contributed by atoms with Gasteiger partial charge in [0.2, 0.25) is 10.0 Å². The Morgan fingerprint density at radius 3 is 2.41 bits per heavy atom. The molecule has 3 unspecified atom stereocenters. The number of hydrazine groups is 1. The normalized spacial score (nSPS) is 26.4. The third-order valence-electron chi connectivity index (χ3n) is 9.14. The summed E-state index contributed by atoms with van der Waals surface area (Å²) in [6, 6.07) is 0.775. The Bertz CT molecular complexity index is 1350. The summed E-state index contributed by atoms with van der Waals surface area (Å²) in [6.07, 6.45) is 5.25. The average Bonchev–Trinajstić information content (AvgIpc) is 3.43. The maximum absolute atomic E-state index is 14.2. The van der Waals surface area contributed by atoms with Gasteiger partial charge in [-0.1, -0.05) is 25.7 Å². The highest BCUT2D eigenvalue weighted by atomic mass is 32.2. The van der Waals surface area contributed by atoms with Crippen molar-refractivity contribution in [1.82, 2.24) is 29.0 Å². The van der Waals surface area contributed by atoms with Crippen molar-refractivity contribution >= 4 is 15.5 Å². The van der Waals surface area contributed by atoms with Crippen LogP contribution >= 0.6 is 0 Å². The summed E-state index contributed by atoms with van der Waals surface area (Å²) >= 11 is 0. The Balaban J connectivity index is 1.49. The van der Waals surface area contributed by atoms with Crippen molar-refractivity contribution in [2.45, 2.75) is 76.8 Å². The van der Waals surface area contributed by atoms with Crippen LogP contribution in [0.5, 0.6) is 0 Å². The molecule has 1 aliphatic heterocycles. The highest BCUT2D eigenvalue weighted by molar-refractivity contribution is 7.89. The first kappa shape index (κ1) is 28.6. The second-order valence-corrected chi connectivity index (χ2v) is 13.9. The molecule has 0 radical (unpaired) electrons. The largest absolute Gasteiger partial charge is 0.418 e. The Kier molecular flexibility index (Phi) is 7.92. The van der Waals surface area contributed by atoms with Gasteiger partial charge in [0.1, 0.15) is 0 Å². The molecule has 0 spiro atoms. The van der Waals surface area contributed by atoms with E-state index < -0.39 is 27.5 Å². The van der Waals surface area contributed by atoms with Crippen molar-refractivity contribution in [3.63, 3.8) is 0 Å². The molecule has 1 saturated heterocycles. The van der Waals surface area contributed by atoms with E-state index in [1.165, 1.54) is 50.2 Å². The van der Waals surface area contributed by atoms with E-state index in [-0.39, 0.29) is 35.6 Å². The highest BCUT2D eigenvalue weighted by Gasteiger charge is 2.44. The van der Waals surface area contributed by atoms with Gasteiger partial charge in [-0.15, -0.1) is 0 Å². The third kappa shape index (κ3) is 5.52. The van der Waals surface area contributed by atoms with E-state index in [9.17, 15) is 26.4 Å². The SMILES string of the molecule is CCS(=O)(=O)N(C)Cc1cc(C(F)(F)F)c2cn(C3CCCC([C@@H](C4CCC4)C4NNCN4C)C3)c(=O)n2c1. The molecule has 218 valence electrons. The summed E-state index contributed by atoms with van der Waals surface area (Å²) < 4.78 is 70.5. The van der Waals surface area contributed by atoms with Crippen molar-refractivity contribution in [3.05, 3.63) is 40.1 Å². The Labute approximate surface area is 227 Å². The smallest absolute Gasteiger partial charge is 0.295 e. The van der Waals surface area contributed by atoms with Crippen LogP contribution in [0.25, 0.3) is 5.52 Å². The van der Waals surface area contributed by atoms with E-state index in [4.69, 9.17) is 0 Å². The molecule has 3 aliphatic rings. The maximum Gasteiger partial charge on any atom is 0.418 e. The molecule has 3 heterocycles. The van der Waals surface area contributed by atoms with Gasteiger partial charge in [-0.3, -0.25) is 13.9 Å². The molecule has 5 rings (SSSR count). The second kappa shape index (κ2) is 10.8. The monoisotopic (exact) mass is 572 g/mol. The quantitative estimate of drug-likeness (QED) is 0.504. The number of imidazole rings is 1. The molecule has 0 aromatic carbocycles. The number of sulfonamides is 1. The number of halogens is 3. The third-order valence-corrected chi connectivity index (χ3v) is 10.9. The zero-order chi connectivity index (χ0) is 28.1. The topological polar surface area (TPSA) is 91.1 Å². The van der Waals surface area contributed by atoms with E-state index in [0.29, 0.717) is 17.8 Å². The maximum atomic E-state index is 14.2. The number of fused-ring (bicyclic) bond motifs is 1. The predicted molar refractivity (Wildman–Crippen MR) is 142 cm³/mol. The van der Waals surface area contributed by atoms with Crippen LogP contribution in [-0.2, 0) is 22.7 Å². The molecule has 0 bridgehead atoms. The van der Waals surface area contributed by atoms with E-state index >= 15 is 0 Å². The fraction of sp³-hybridized carbons (Fsp3) is 0.731. The molecule has 4 atom stereocenters. The average molecular weight is 573 g/mol. The van der Waals surface area contributed by atoms with Gasteiger partial charge in [0.05, 0.1) is 29.7 Å². The molecular formula is C26H39F3N6O3S. The Hall–Kier alpha value is -1.93. The van der Waals surface area contributed by atoms with Crippen LogP contribution in [0.1, 0.15) is 69.0 Å². The van der Waals surface area contributed by atoms with Crippen LogP contribution in [0.15, 0.2) is 23.3 Å². The molecule has 2 saturated carbocycles. The Morgan fingerprint density at radius 2 is 1.82 bits per heavy atom. The number of pyridine rings is 1. The number of aromatic nitrogens is 2. The molecule has 2 aromatic heterocycles. The van der Waals surface area contributed by atoms with Crippen LogP contribution in [-0.4, -0.2) is 59.3 Å². The summed E-state index contributed by atoms with van der Waals surface area (Å²) in [5, 5.41) is 0. The van der Waals surface area contributed by atoms with Gasteiger partial charge in [-0.05, 0) is 62.6 Å². The summed E-state index contributed by atoms with van der Waals surface area (Å²) in [5.41, 5.74) is 5.14. The van der Waals surface area contributed by atoms with Gasteiger partial charge < -0.3 is 0 Å². The van der Waals surface area contributed by atoms with Gasteiger partial charge in [-0.25, -0.2) is 28.4 Å². The van der Waals surface area contributed by atoms with Crippen molar-refractivity contribution in [3.8, 4) is 0 Å². The first-order valence-corrected chi connectivity index (χ1v) is 15.5. The molecule has 3 fully saturated rings. The van der Waals surface area contributed by atoms with E-state index in [1.807, 2.05) is 0 Å². The first-order valence-electron chi connectivity index (χ1n) is 13.9. The van der Waals surface area contributed by atoms with Crippen LogP contribution in [0.4, 0.5) is 13.2 Å². The molecular weight excluding hydrogens is 533 g/mol. The lowest BCUT2D eigenvalue weighted by molar-refractivity contribution is -0.136. The predicted octanol–water partition coefficient (Wildman–Crippen LogP) is 3.37. The number of nitrogens with one attached hydrogen (secondary N) is 2. The lowest BCUT2D eigenvalue weighted by Crippen LogP contribution is -2.50. The van der Waals surface area contributed by atoms with Crippen LogP contribution < -0.4 is 16.5 Å². The fourth-order valence-electron chi connectivity index (χ4n) is 6.82. The number of hydrogen-bond donors (Lipinski definition) is 2. The highest BCUT2D eigenvalue weighted by Crippen LogP contribution is 2.47. The van der Waals surface area contributed by atoms with Gasteiger partial charge in [0.15, 0.2) is 0 Å².